The maximum absolute atomic E-state index is 12.3. The molecule has 0 spiro atoms. The van der Waals surface area contributed by atoms with Gasteiger partial charge in [0.05, 0.1) is 28.3 Å². The van der Waals surface area contributed by atoms with Gasteiger partial charge in [0.15, 0.2) is 11.5 Å². The first-order valence-electron chi connectivity index (χ1n) is 12.2. The van der Waals surface area contributed by atoms with Crippen LogP contribution in [0.4, 0.5) is 0 Å². The predicted molar refractivity (Wildman–Crippen MR) is 149 cm³/mol. The SMILES string of the molecule is C=N/C=C(\C=C(/C)c1cnc2[nH]nc(-c3nc4c(-c5ccncc5)cncc4[nH]3)c2c1)NC(=O)CC(C)C. The van der Waals surface area contributed by atoms with Gasteiger partial charge >= 0.3 is 0 Å². The van der Waals surface area contributed by atoms with Crippen LogP contribution in [0.15, 0.2) is 72.1 Å². The first kappa shape index (κ1) is 24.7. The Morgan fingerprint density at radius 2 is 2.00 bits per heavy atom. The average molecular weight is 506 g/mol. The molecular weight excluding hydrogens is 478 g/mol. The van der Waals surface area contributed by atoms with Crippen molar-refractivity contribution < 1.29 is 4.79 Å². The minimum Gasteiger partial charge on any atom is -0.335 e. The quantitative estimate of drug-likeness (QED) is 0.199. The van der Waals surface area contributed by atoms with Crippen molar-refractivity contribution in [3.05, 3.63) is 72.7 Å². The zero-order valence-corrected chi connectivity index (χ0v) is 21.4. The molecule has 10 heteroatoms. The van der Waals surface area contributed by atoms with E-state index >= 15 is 0 Å². The minimum absolute atomic E-state index is 0.0739. The van der Waals surface area contributed by atoms with Gasteiger partial charge in [0, 0.05) is 43.0 Å². The van der Waals surface area contributed by atoms with E-state index in [-0.39, 0.29) is 11.8 Å². The molecular formula is C28H27N9O. The molecule has 10 nitrogen and oxygen atoms in total. The van der Waals surface area contributed by atoms with Crippen molar-refractivity contribution >= 4 is 40.3 Å². The molecule has 0 saturated heterocycles. The first-order valence-corrected chi connectivity index (χ1v) is 12.2. The van der Waals surface area contributed by atoms with Crippen LogP contribution in [0.25, 0.3) is 50.3 Å². The highest BCUT2D eigenvalue weighted by Gasteiger charge is 2.17. The molecule has 0 radical (unpaired) electrons. The lowest BCUT2D eigenvalue weighted by molar-refractivity contribution is -0.121. The Balaban J connectivity index is 1.51. The zero-order chi connectivity index (χ0) is 26.6. The van der Waals surface area contributed by atoms with Crippen LogP contribution in [0.1, 0.15) is 32.8 Å². The van der Waals surface area contributed by atoms with E-state index in [0.717, 1.165) is 38.7 Å². The van der Waals surface area contributed by atoms with Crippen LogP contribution in [0.2, 0.25) is 0 Å². The number of hydrogen-bond donors (Lipinski definition) is 3. The first-order chi connectivity index (χ1) is 18.4. The van der Waals surface area contributed by atoms with Gasteiger partial charge in [-0.1, -0.05) is 13.8 Å². The van der Waals surface area contributed by atoms with Crippen LogP contribution in [0.5, 0.6) is 0 Å². The van der Waals surface area contributed by atoms with Gasteiger partial charge in [-0.3, -0.25) is 24.9 Å². The number of nitrogens with one attached hydrogen (secondary N) is 3. The summed E-state index contributed by atoms with van der Waals surface area (Å²) in [6.07, 6.45) is 12.6. The molecule has 5 rings (SSSR count). The van der Waals surface area contributed by atoms with Crippen LogP contribution in [-0.2, 0) is 4.79 Å². The Bertz CT molecular complexity index is 1690. The molecule has 0 unspecified atom stereocenters. The molecule has 5 aromatic heterocycles. The smallest absolute Gasteiger partial charge is 0.224 e. The van der Waals surface area contributed by atoms with Gasteiger partial charge in [0.25, 0.3) is 0 Å². The van der Waals surface area contributed by atoms with Gasteiger partial charge in [-0.15, -0.1) is 0 Å². The summed E-state index contributed by atoms with van der Waals surface area (Å²) in [4.78, 5) is 37.4. The molecule has 1 amide bonds. The molecule has 0 aliphatic heterocycles. The van der Waals surface area contributed by atoms with Gasteiger partial charge < -0.3 is 10.3 Å². The number of carbonyl (C=O) groups is 1. The number of hydrogen-bond acceptors (Lipinski definition) is 7. The topological polar surface area (TPSA) is 137 Å². The van der Waals surface area contributed by atoms with Gasteiger partial charge in [-0.2, -0.15) is 5.10 Å². The highest BCUT2D eigenvalue weighted by Crippen LogP contribution is 2.31. The fourth-order valence-electron chi connectivity index (χ4n) is 4.19. The van der Waals surface area contributed by atoms with E-state index in [4.69, 9.17) is 4.98 Å². The molecule has 5 aromatic rings. The summed E-state index contributed by atoms with van der Waals surface area (Å²) < 4.78 is 0. The third-order valence-electron chi connectivity index (χ3n) is 5.96. The van der Waals surface area contributed by atoms with Gasteiger partial charge in [-0.25, -0.2) is 9.97 Å². The summed E-state index contributed by atoms with van der Waals surface area (Å²) in [6, 6.07) is 5.85. The van der Waals surface area contributed by atoms with Crippen molar-refractivity contribution in [1.29, 1.82) is 0 Å². The van der Waals surface area contributed by atoms with Gasteiger partial charge in [-0.05, 0) is 60.5 Å². The summed E-state index contributed by atoms with van der Waals surface area (Å²) in [5, 5.41) is 11.2. The number of aromatic amines is 2. The Hall–Kier alpha value is -4.99. The highest BCUT2D eigenvalue weighted by atomic mass is 16.1. The van der Waals surface area contributed by atoms with Crippen molar-refractivity contribution in [2.75, 3.05) is 0 Å². The third-order valence-corrected chi connectivity index (χ3v) is 5.96. The maximum atomic E-state index is 12.3. The summed E-state index contributed by atoms with van der Waals surface area (Å²) in [5.41, 5.74) is 7.07. The fraction of sp³-hybridized carbons (Fsp3) is 0.179. The number of amides is 1. The van der Waals surface area contributed by atoms with Crippen LogP contribution >= 0.6 is 0 Å². The summed E-state index contributed by atoms with van der Waals surface area (Å²) in [6.45, 7) is 9.46. The standard InChI is InChI=1S/C28H27N9O/c1-16(2)9-24(38)33-20(13-29-4)10-17(3)19-11-21-26(36-37-27(21)32-12-19)28-34-23-15-31-14-22(25(23)35-28)18-5-7-30-8-6-18/h5-8,10-16H,4,9H2,1-3H3,(H,33,38)(H,34,35)(H,32,36,37)/b17-10+,20-13+. The number of nitrogens with zero attached hydrogens (tertiary/aromatic N) is 6. The number of allylic oxidation sites excluding steroid dienone is 2. The Kier molecular flexibility index (Phi) is 6.86. The Morgan fingerprint density at radius 1 is 1.18 bits per heavy atom. The largest absolute Gasteiger partial charge is 0.335 e. The van der Waals surface area contributed by atoms with E-state index in [2.05, 4.69) is 47.2 Å². The van der Waals surface area contributed by atoms with Crippen molar-refractivity contribution in [2.24, 2.45) is 10.9 Å². The van der Waals surface area contributed by atoms with Crippen LogP contribution in [-0.4, -0.2) is 47.7 Å². The van der Waals surface area contributed by atoms with Gasteiger partial charge in [0.2, 0.25) is 5.91 Å². The molecule has 0 aromatic carbocycles. The summed E-state index contributed by atoms with van der Waals surface area (Å²) >= 11 is 0. The second-order valence-corrected chi connectivity index (χ2v) is 9.34. The van der Waals surface area contributed by atoms with Crippen molar-refractivity contribution in [1.82, 2.24) is 40.4 Å². The molecule has 5 heterocycles. The van der Waals surface area contributed by atoms with Crippen LogP contribution in [0.3, 0.4) is 0 Å². The Labute approximate surface area is 219 Å². The predicted octanol–water partition coefficient (Wildman–Crippen LogP) is 5.07. The van der Waals surface area contributed by atoms with E-state index in [0.29, 0.717) is 29.3 Å². The lowest BCUT2D eigenvalue weighted by atomic mass is 10.1. The molecule has 38 heavy (non-hydrogen) atoms. The van der Waals surface area contributed by atoms with Gasteiger partial charge in [0.1, 0.15) is 5.69 Å². The molecule has 0 aliphatic rings. The van der Waals surface area contributed by atoms with Crippen LogP contribution < -0.4 is 5.32 Å². The minimum atomic E-state index is -0.0739. The molecule has 0 saturated carbocycles. The van der Waals surface area contributed by atoms with Crippen molar-refractivity contribution in [3.8, 4) is 22.6 Å². The number of H-pyrrole nitrogens is 2. The third kappa shape index (κ3) is 5.10. The maximum Gasteiger partial charge on any atom is 0.224 e. The fourth-order valence-corrected chi connectivity index (χ4v) is 4.19. The van der Waals surface area contributed by atoms with E-state index < -0.39 is 0 Å². The highest BCUT2D eigenvalue weighted by molar-refractivity contribution is 5.96. The van der Waals surface area contributed by atoms with Crippen molar-refractivity contribution in [2.45, 2.75) is 27.2 Å². The number of aromatic nitrogens is 7. The summed E-state index contributed by atoms with van der Waals surface area (Å²) in [5.74, 6) is 0.779. The number of carbonyl (C=O) groups excluding carboxylic acids is 1. The molecule has 0 aliphatic carbocycles. The molecule has 0 atom stereocenters. The number of pyridine rings is 3. The van der Waals surface area contributed by atoms with E-state index in [1.165, 1.54) is 6.20 Å². The van der Waals surface area contributed by atoms with E-state index in [9.17, 15) is 4.79 Å². The monoisotopic (exact) mass is 505 g/mol. The number of rotatable bonds is 8. The lowest BCUT2D eigenvalue weighted by Gasteiger charge is -2.09. The second kappa shape index (κ2) is 10.6. The van der Waals surface area contributed by atoms with E-state index in [1.807, 2.05) is 45.0 Å². The molecule has 0 fully saturated rings. The molecule has 3 N–H and O–H groups in total. The number of aliphatic imine (C=N–C) groups is 1. The zero-order valence-electron chi connectivity index (χ0n) is 21.4. The average Bonchev–Trinajstić information content (AvgIpc) is 3.52. The van der Waals surface area contributed by atoms with Crippen LogP contribution in [0, 0.1) is 5.92 Å². The molecule has 190 valence electrons. The summed E-state index contributed by atoms with van der Waals surface area (Å²) in [7, 11) is 0. The lowest BCUT2D eigenvalue weighted by Crippen LogP contribution is -2.23. The number of imidazole rings is 1. The normalized spacial score (nSPS) is 12.4. The Morgan fingerprint density at radius 3 is 2.76 bits per heavy atom. The van der Waals surface area contributed by atoms with Crippen molar-refractivity contribution in [3.63, 3.8) is 0 Å². The number of fused-ring (bicyclic) bond motifs is 2. The second-order valence-electron chi connectivity index (χ2n) is 9.34. The molecule has 0 bridgehead atoms. The van der Waals surface area contributed by atoms with E-state index in [1.54, 1.807) is 31.0 Å².